The molecule has 2 atom stereocenters. The summed E-state index contributed by atoms with van der Waals surface area (Å²) >= 11 is 0. The highest BCUT2D eigenvalue weighted by atomic mass is 16.1. The molecule has 5 heteroatoms. The number of nitrogens with zero attached hydrogens (tertiary/aromatic N) is 2. The third kappa shape index (κ3) is 5.87. The Kier molecular flexibility index (Phi) is 6.73. The summed E-state index contributed by atoms with van der Waals surface area (Å²) in [6.07, 6.45) is 10.8. The van der Waals surface area contributed by atoms with Crippen LogP contribution in [0.2, 0.25) is 0 Å². The number of rotatable bonds is 8. The lowest BCUT2D eigenvalue weighted by Crippen LogP contribution is -2.35. The largest absolute Gasteiger partial charge is 0.356 e. The quantitative estimate of drug-likeness (QED) is 0.718. The maximum Gasteiger partial charge on any atom is 0.220 e. The SMILES string of the molecule is CC(CC(=O)NCCCCn1ccnc1)C1CCCNC1. The molecule has 0 radical (unpaired) electrons. The molecule has 0 spiro atoms. The van der Waals surface area contributed by atoms with Gasteiger partial charge in [-0.25, -0.2) is 4.98 Å². The van der Waals surface area contributed by atoms with Crippen LogP contribution >= 0.6 is 0 Å². The van der Waals surface area contributed by atoms with Crippen molar-refractivity contribution < 1.29 is 4.79 Å². The van der Waals surface area contributed by atoms with Crippen molar-refractivity contribution in [1.82, 2.24) is 20.2 Å². The molecule has 1 saturated heterocycles. The van der Waals surface area contributed by atoms with Gasteiger partial charge in [-0.3, -0.25) is 4.79 Å². The zero-order valence-corrected chi connectivity index (χ0v) is 13.1. The zero-order valence-electron chi connectivity index (χ0n) is 13.1. The Morgan fingerprint density at radius 2 is 2.43 bits per heavy atom. The number of carbonyl (C=O) groups is 1. The van der Waals surface area contributed by atoms with Crippen LogP contribution < -0.4 is 10.6 Å². The minimum absolute atomic E-state index is 0.204. The maximum atomic E-state index is 11.9. The number of amides is 1. The number of aryl methyl sites for hydroxylation is 1. The first-order valence-corrected chi connectivity index (χ1v) is 8.19. The molecule has 2 rings (SSSR count). The van der Waals surface area contributed by atoms with E-state index >= 15 is 0 Å². The van der Waals surface area contributed by atoms with E-state index < -0.39 is 0 Å². The average Bonchev–Trinajstić information content (AvgIpc) is 3.01. The second-order valence-electron chi connectivity index (χ2n) is 6.15. The summed E-state index contributed by atoms with van der Waals surface area (Å²) in [6.45, 7) is 6.16. The Hall–Kier alpha value is -1.36. The smallest absolute Gasteiger partial charge is 0.220 e. The Morgan fingerprint density at radius 3 is 3.14 bits per heavy atom. The van der Waals surface area contributed by atoms with Crippen molar-refractivity contribution in [2.45, 2.75) is 45.6 Å². The molecule has 1 aliphatic rings. The van der Waals surface area contributed by atoms with Gasteiger partial charge in [0.2, 0.25) is 5.91 Å². The normalized spacial score (nSPS) is 20.1. The summed E-state index contributed by atoms with van der Waals surface area (Å²) in [5.41, 5.74) is 0. The number of hydrogen-bond donors (Lipinski definition) is 2. The van der Waals surface area contributed by atoms with Crippen molar-refractivity contribution in [2.24, 2.45) is 11.8 Å². The molecule has 0 aliphatic carbocycles. The highest BCUT2D eigenvalue weighted by Crippen LogP contribution is 2.22. The molecule has 2 unspecified atom stereocenters. The van der Waals surface area contributed by atoms with Crippen LogP contribution in [0, 0.1) is 11.8 Å². The van der Waals surface area contributed by atoms with E-state index in [0.717, 1.165) is 39.0 Å². The highest BCUT2D eigenvalue weighted by molar-refractivity contribution is 5.76. The lowest BCUT2D eigenvalue weighted by Gasteiger charge is -2.28. The van der Waals surface area contributed by atoms with Crippen LogP contribution in [-0.2, 0) is 11.3 Å². The molecular formula is C16H28N4O. The van der Waals surface area contributed by atoms with Gasteiger partial charge in [0.25, 0.3) is 0 Å². The van der Waals surface area contributed by atoms with E-state index in [-0.39, 0.29) is 5.91 Å². The summed E-state index contributed by atoms with van der Waals surface area (Å²) in [6, 6.07) is 0. The van der Waals surface area contributed by atoms with Crippen LogP contribution in [-0.4, -0.2) is 35.1 Å². The van der Waals surface area contributed by atoms with Crippen molar-refractivity contribution >= 4 is 5.91 Å². The molecule has 0 saturated carbocycles. The number of hydrogen-bond acceptors (Lipinski definition) is 3. The molecule has 1 fully saturated rings. The van der Waals surface area contributed by atoms with Crippen LogP contribution in [0.1, 0.15) is 39.0 Å². The molecule has 5 nitrogen and oxygen atoms in total. The van der Waals surface area contributed by atoms with Gasteiger partial charge in [0.1, 0.15) is 0 Å². The molecule has 1 aromatic heterocycles. The van der Waals surface area contributed by atoms with E-state index in [9.17, 15) is 4.79 Å². The Morgan fingerprint density at radius 1 is 1.52 bits per heavy atom. The average molecular weight is 292 g/mol. The van der Waals surface area contributed by atoms with Crippen molar-refractivity contribution in [3.63, 3.8) is 0 Å². The van der Waals surface area contributed by atoms with Gasteiger partial charge in [0.05, 0.1) is 6.33 Å². The van der Waals surface area contributed by atoms with Gasteiger partial charge in [0.15, 0.2) is 0 Å². The lowest BCUT2D eigenvalue weighted by atomic mass is 9.85. The van der Waals surface area contributed by atoms with Crippen LogP contribution in [0.5, 0.6) is 0 Å². The van der Waals surface area contributed by atoms with Crippen LogP contribution in [0.3, 0.4) is 0 Å². The second kappa shape index (κ2) is 8.82. The van der Waals surface area contributed by atoms with Gasteiger partial charge < -0.3 is 15.2 Å². The number of piperidine rings is 1. The van der Waals surface area contributed by atoms with Gasteiger partial charge in [-0.05, 0) is 50.6 Å². The molecule has 0 bridgehead atoms. The van der Waals surface area contributed by atoms with Gasteiger partial charge >= 0.3 is 0 Å². The Bertz CT molecular complexity index is 398. The fourth-order valence-corrected chi connectivity index (χ4v) is 2.96. The van der Waals surface area contributed by atoms with E-state index in [0.29, 0.717) is 18.3 Å². The second-order valence-corrected chi connectivity index (χ2v) is 6.15. The van der Waals surface area contributed by atoms with E-state index in [1.807, 2.05) is 12.5 Å². The molecule has 1 amide bonds. The Balaban J connectivity index is 1.52. The maximum absolute atomic E-state index is 11.9. The molecule has 2 N–H and O–H groups in total. The van der Waals surface area contributed by atoms with Crippen molar-refractivity contribution in [3.05, 3.63) is 18.7 Å². The summed E-state index contributed by atoms with van der Waals surface area (Å²) < 4.78 is 2.07. The predicted molar refractivity (Wildman–Crippen MR) is 83.8 cm³/mol. The van der Waals surface area contributed by atoms with E-state index in [1.165, 1.54) is 12.8 Å². The number of unbranched alkanes of at least 4 members (excludes halogenated alkanes) is 1. The van der Waals surface area contributed by atoms with Gasteiger partial charge in [-0.2, -0.15) is 0 Å². The molecule has 118 valence electrons. The zero-order chi connectivity index (χ0) is 14.9. The predicted octanol–water partition coefficient (Wildman–Crippen LogP) is 1.81. The first-order chi connectivity index (χ1) is 10.3. The topological polar surface area (TPSA) is 59.0 Å². The summed E-state index contributed by atoms with van der Waals surface area (Å²) in [7, 11) is 0. The Labute approximate surface area is 127 Å². The standard InChI is InChI=1S/C16H28N4O/c1-14(15-5-4-6-17-12-15)11-16(21)19-7-2-3-9-20-10-8-18-13-20/h8,10,13-15,17H,2-7,9,11-12H2,1H3,(H,19,21). The molecule has 1 aromatic rings. The minimum atomic E-state index is 0.204. The number of nitrogens with one attached hydrogen (secondary N) is 2. The number of carbonyl (C=O) groups excluding carboxylic acids is 1. The van der Waals surface area contributed by atoms with Gasteiger partial charge in [-0.1, -0.05) is 6.92 Å². The number of imidazole rings is 1. The van der Waals surface area contributed by atoms with Crippen molar-refractivity contribution in [3.8, 4) is 0 Å². The molecule has 2 heterocycles. The minimum Gasteiger partial charge on any atom is -0.356 e. The van der Waals surface area contributed by atoms with E-state index in [1.54, 1.807) is 6.20 Å². The van der Waals surface area contributed by atoms with Crippen molar-refractivity contribution in [1.29, 1.82) is 0 Å². The van der Waals surface area contributed by atoms with Gasteiger partial charge in [0, 0.05) is 31.9 Å². The fourth-order valence-electron chi connectivity index (χ4n) is 2.96. The number of aromatic nitrogens is 2. The monoisotopic (exact) mass is 292 g/mol. The summed E-state index contributed by atoms with van der Waals surface area (Å²) in [4.78, 5) is 16.0. The fraction of sp³-hybridized carbons (Fsp3) is 0.750. The highest BCUT2D eigenvalue weighted by Gasteiger charge is 2.21. The molecular weight excluding hydrogens is 264 g/mol. The van der Waals surface area contributed by atoms with Crippen LogP contribution in [0.25, 0.3) is 0 Å². The van der Waals surface area contributed by atoms with Crippen LogP contribution in [0.4, 0.5) is 0 Å². The molecule has 21 heavy (non-hydrogen) atoms. The third-order valence-corrected chi connectivity index (χ3v) is 4.37. The lowest BCUT2D eigenvalue weighted by molar-refractivity contribution is -0.122. The van der Waals surface area contributed by atoms with E-state index in [4.69, 9.17) is 0 Å². The molecule has 1 aliphatic heterocycles. The van der Waals surface area contributed by atoms with Crippen LogP contribution in [0.15, 0.2) is 18.7 Å². The van der Waals surface area contributed by atoms with Crippen molar-refractivity contribution in [2.75, 3.05) is 19.6 Å². The third-order valence-electron chi connectivity index (χ3n) is 4.37. The van der Waals surface area contributed by atoms with E-state index in [2.05, 4.69) is 27.1 Å². The first-order valence-electron chi connectivity index (χ1n) is 8.19. The molecule has 0 aromatic carbocycles. The summed E-state index contributed by atoms with van der Waals surface area (Å²) in [5.74, 6) is 1.34. The van der Waals surface area contributed by atoms with Gasteiger partial charge in [-0.15, -0.1) is 0 Å². The first kappa shape index (κ1) is 16.0. The summed E-state index contributed by atoms with van der Waals surface area (Å²) in [5, 5.41) is 6.47.